The van der Waals surface area contributed by atoms with Crippen molar-refractivity contribution in [1.29, 1.82) is 0 Å². The number of carbonyl (C=O) groups is 1. The normalized spacial score (nSPS) is 21.5. The summed E-state index contributed by atoms with van der Waals surface area (Å²) in [5, 5.41) is 12.3. The van der Waals surface area contributed by atoms with Gasteiger partial charge in [-0.05, 0) is 37.6 Å². The molecule has 2 heterocycles. The van der Waals surface area contributed by atoms with Crippen molar-refractivity contribution in [2.24, 2.45) is 11.8 Å². The zero-order chi connectivity index (χ0) is 25.0. The van der Waals surface area contributed by atoms with Gasteiger partial charge >= 0.3 is 5.97 Å². The molecule has 1 aliphatic heterocycles. The number of anilines is 1. The number of carboxylic acids is 1. The van der Waals surface area contributed by atoms with E-state index in [0.29, 0.717) is 19.2 Å². The smallest absolute Gasteiger partial charge is 0.341 e. The second-order valence-electron chi connectivity index (χ2n) is 8.87. The van der Waals surface area contributed by atoms with Crippen LogP contribution in [0.25, 0.3) is 16.6 Å². The van der Waals surface area contributed by atoms with Gasteiger partial charge in [0.1, 0.15) is 23.0 Å². The number of hydrogen-bond acceptors (Lipinski definition) is 4. The van der Waals surface area contributed by atoms with Gasteiger partial charge in [0.05, 0.1) is 27.3 Å². The summed E-state index contributed by atoms with van der Waals surface area (Å²) >= 11 is 6.72. The molecule has 2 aliphatic rings. The first-order chi connectivity index (χ1) is 16.7. The van der Waals surface area contributed by atoms with Crippen molar-refractivity contribution in [2.75, 3.05) is 25.0 Å². The first-order valence-corrected chi connectivity index (χ1v) is 11.4. The third-order valence-electron chi connectivity index (χ3n) is 6.94. The van der Waals surface area contributed by atoms with Crippen molar-refractivity contribution < 1.29 is 23.1 Å². The van der Waals surface area contributed by atoms with Crippen LogP contribution in [0.3, 0.4) is 0 Å². The number of aromatic nitrogens is 1. The lowest BCUT2D eigenvalue weighted by Gasteiger charge is -2.28. The van der Waals surface area contributed by atoms with Gasteiger partial charge in [-0.1, -0.05) is 23.8 Å². The summed E-state index contributed by atoms with van der Waals surface area (Å²) in [6.07, 6.45) is 5.94. The number of aromatic carboxylic acids is 1. The molecule has 1 fully saturated rings. The molecule has 35 heavy (non-hydrogen) atoms. The Morgan fingerprint density at radius 1 is 1.17 bits per heavy atom. The Bertz CT molecular complexity index is 1460. The third kappa shape index (κ3) is 3.79. The van der Waals surface area contributed by atoms with Crippen molar-refractivity contribution in [3.8, 4) is 5.69 Å². The highest BCUT2D eigenvalue weighted by atomic mass is 35.5. The van der Waals surface area contributed by atoms with Gasteiger partial charge in [0.25, 0.3) is 0 Å². The summed E-state index contributed by atoms with van der Waals surface area (Å²) in [5.41, 5.74) is -1.87. The Morgan fingerprint density at radius 2 is 1.94 bits per heavy atom. The molecule has 6 nitrogen and oxygen atoms in total. The molecule has 1 aliphatic carbocycles. The number of halogens is 4. The molecule has 10 heteroatoms. The molecular formula is C25H21ClF3N3O3. The average molecular weight is 504 g/mol. The van der Waals surface area contributed by atoms with Crippen LogP contribution in [-0.4, -0.2) is 41.8 Å². The predicted molar refractivity (Wildman–Crippen MR) is 127 cm³/mol. The van der Waals surface area contributed by atoms with Gasteiger partial charge in [-0.2, -0.15) is 0 Å². The molecule has 0 bridgehead atoms. The van der Waals surface area contributed by atoms with Crippen LogP contribution in [-0.2, 0) is 0 Å². The minimum atomic E-state index is -1.57. The molecule has 0 saturated carbocycles. The van der Waals surface area contributed by atoms with Crippen LogP contribution in [0.5, 0.6) is 0 Å². The van der Waals surface area contributed by atoms with Crippen LogP contribution in [0.1, 0.15) is 16.8 Å². The van der Waals surface area contributed by atoms with E-state index in [2.05, 4.69) is 17.5 Å². The predicted octanol–water partition coefficient (Wildman–Crippen LogP) is 4.36. The van der Waals surface area contributed by atoms with Crippen LogP contribution in [0.15, 0.2) is 47.4 Å². The quantitative estimate of drug-likeness (QED) is 0.518. The molecule has 2 aromatic carbocycles. The number of pyridine rings is 1. The Balaban J connectivity index is 1.75. The number of nitrogens with zero attached hydrogens (tertiary/aromatic N) is 2. The largest absolute Gasteiger partial charge is 0.477 e. The minimum Gasteiger partial charge on any atom is -0.477 e. The first-order valence-electron chi connectivity index (χ1n) is 11.1. The number of fused-ring (bicyclic) bond motifs is 2. The van der Waals surface area contributed by atoms with Gasteiger partial charge < -0.3 is 19.9 Å². The topological polar surface area (TPSA) is 74.6 Å². The number of allylic oxidation sites excluding steroid dienone is 1. The van der Waals surface area contributed by atoms with E-state index in [9.17, 15) is 23.5 Å². The van der Waals surface area contributed by atoms with E-state index in [1.807, 2.05) is 11.9 Å². The molecule has 3 unspecified atom stereocenters. The molecule has 1 aromatic heterocycles. The van der Waals surface area contributed by atoms with Gasteiger partial charge in [-0.3, -0.25) is 4.79 Å². The number of nitrogens with one attached hydrogen (secondary N) is 1. The molecule has 5 rings (SSSR count). The van der Waals surface area contributed by atoms with Gasteiger partial charge in [0.15, 0.2) is 0 Å². The van der Waals surface area contributed by atoms with Gasteiger partial charge in [-0.25, -0.2) is 18.0 Å². The number of benzene rings is 2. The first kappa shape index (κ1) is 23.4. The Kier molecular flexibility index (Phi) is 5.85. The Hall–Kier alpha value is -3.30. The molecular weight excluding hydrogens is 483 g/mol. The summed E-state index contributed by atoms with van der Waals surface area (Å²) < 4.78 is 44.9. The van der Waals surface area contributed by atoms with E-state index in [-0.39, 0.29) is 45.2 Å². The summed E-state index contributed by atoms with van der Waals surface area (Å²) in [4.78, 5) is 26.4. The van der Waals surface area contributed by atoms with Crippen LogP contribution >= 0.6 is 11.6 Å². The molecule has 3 aromatic rings. The standard InChI is InChI=1S/C25H21ClF3N3O3/c1-30-19-4-2-3-12-9-31(10-15(12)19)23-18(29)8-14-22(21(23)26)32(11-16(24(14)33)25(34)35)20-6-5-13(27)7-17(20)28/h2,4-8,11-12,15,19,30H,3,9-10H2,1H3,(H,34,35). The van der Waals surface area contributed by atoms with E-state index in [1.165, 1.54) is 0 Å². The molecule has 1 saturated heterocycles. The highest BCUT2D eigenvalue weighted by Gasteiger charge is 2.39. The monoisotopic (exact) mass is 503 g/mol. The lowest BCUT2D eigenvalue weighted by atomic mass is 9.82. The summed E-state index contributed by atoms with van der Waals surface area (Å²) in [7, 11) is 1.86. The Labute approximate surface area is 203 Å². The van der Waals surface area contributed by atoms with Crippen molar-refractivity contribution in [3.63, 3.8) is 0 Å². The van der Waals surface area contributed by atoms with Crippen LogP contribution in [0.2, 0.25) is 5.02 Å². The number of carboxylic acid groups (broad SMARTS) is 1. The van der Waals surface area contributed by atoms with E-state index < -0.39 is 34.4 Å². The van der Waals surface area contributed by atoms with Crippen LogP contribution in [0, 0.1) is 29.3 Å². The third-order valence-corrected chi connectivity index (χ3v) is 7.30. The van der Waals surface area contributed by atoms with E-state index in [0.717, 1.165) is 35.4 Å². The van der Waals surface area contributed by atoms with Crippen molar-refractivity contribution in [2.45, 2.75) is 12.5 Å². The maximum atomic E-state index is 15.5. The van der Waals surface area contributed by atoms with Gasteiger partial charge in [-0.15, -0.1) is 0 Å². The summed E-state index contributed by atoms with van der Waals surface area (Å²) in [5.74, 6) is -3.70. The number of rotatable bonds is 4. The van der Waals surface area contributed by atoms with Crippen LogP contribution in [0.4, 0.5) is 18.9 Å². The molecule has 0 amide bonds. The lowest BCUT2D eigenvalue weighted by Crippen LogP contribution is -2.38. The van der Waals surface area contributed by atoms with Crippen molar-refractivity contribution >= 4 is 34.2 Å². The van der Waals surface area contributed by atoms with Crippen molar-refractivity contribution in [1.82, 2.24) is 9.88 Å². The lowest BCUT2D eigenvalue weighted by molar-refractivity contribution is 0.0695. The fourth-order valence-corrected chi connectivity index (χ4v) is 5.70. The van der Waals surface area contributed by atoms with Gasteiger partial charge in [0, 0.05) is 37.3 Å². The summed E-state index contributed by atoms with van der Waals surface area (Å²) in [6.45, 7) is 1.03. The Morgan fingerprint density at radius 3 is 2.63 bits per heavy atom. The van der Waals surface area contributed by atoms with Gasteiger partial charge in [0.2, 0.25) is 5.43 Å². The SMILES string of the molecule is CNC1C=CCC2CN(c3c(F)cc4c(=O)c(C(=O)O)cn(-c5ccc(F)cc5F)c4c3Cl)CC21. The maximum Gasteiger partial charge on any atom is 0.341 e. The molecule has 0 radical (unpaired) electrons. The molecule has 0 spiro atoms. The number of hydrogen-bond donors (Lipinski definition) is 2. The zero-order valence-electron chi connectivity index (χ0n) is 18.6. The number of likely N-dealkylation sites (N-methyl/N-ethyl adjacent to an activating group) is 1. The molecule has 182 valence electrons. The second-order valence-corrected chi connectivity index (χ2v) is 9.25. The fraction of sp³-hybridized carbons (Fsp3) is 0.280. The fourth-order valence-electron chi connectivity index (χ4n) is 5.30. The van der Waals surface area contributed by atoms with E-state index in [4.69, 9.17) is 11.6 Å². The average Bonchev–Trinajstić information content (AvgIpc) is 3.23. The maximum absolute atomic E-state index is 15.5. The van der Waals surface area contributed by atoms with E-state index >= 15 is 4.39 Å². The van der Waals surface area contributed by atoms with E-state index in [1.54, 1.807) is 0 Å². The summed E-state index contributed by atoms with van der Waals surface area (Å²) in [6, 6.07) is 3.79. The zero-order valence-corrected chi connectivity index (χ0v) is 19.3. The van der Waals surface area contributed by atoms with Crippen molar-refractivity contribution in [3.05, 3.63) is 80.9 Å². The highest BCUT2D eigenvalue weighted by Crippen LogP contribution is 2.42. The molecule has 3 atom stereocenters. The second kappa shape index (κ2) is 8.73. The molecule has 2 N–H and O–H groups in total. The van der Waals surface area contributed by atoms with Crippen LogP contribution < -0.4 is 15.6 Å². The highest BCUT2D eigenvalue weighted by molar-refractivity contribution is 6.38. The minimum absolute atomic E-state index is 0.0539.